The molecule has 33 heavy (non-hydrogen) atoms. The van der Waals surface area contributed by atoms with Crippen molar-refractivity contribution in [3.05, 3.63) is 48.0 Å². The summed E-state index contributed by atoms with van der Waals surface area (Å²) in [6, 6.07) is 11.4. The summed E-state index contributed by atoms with van der Waals surface area (Å²) in [6.07, 6.45) is 2.78. The van der Waals surface area contributed by atoms with Crippen molar-refractivity contribution in [1.29, 1.82) is 0 Å². The molecule has 1 amide bonds. The Morgan fingerprint density at radius 1 is 1.12 bits per heavy atom. The van der Waals surface area contributed by atoms with Gasteiger partial charge < -0.3 is 9.73 Å². The van der Waals surface area contributed by atoms with Crippen molar-refractivity contribution in [3.63, 3.8) is 0 Å². The molecular formula is C23H25N3O5S2. The van der Waals surface area contributed by atoms with E-state index in [4.69, 9.17) is 4.42 Å². The fourth-order valence-electron chi connectivity index (χ4n) is 3.62. The lowest BCUT2D eigenvalue weighted by Crippen LogP contribution is -2.35. The summed E-state index contributed by atoms with van der Waals surface area (Å²) in [6.45, 7) is 4.25. The van der Waals surface area contributed by atoms with Gasteiger partial charge in [0.1, 0.15) is 5.52 Å². The Bertz CT molecular complexity index is 1300. The predicted molar refractivity (Wildman–Crippen MR) is 127 cm³/mol. The summed E-state index contributed by atoms with van der Waals surface area (Å²) < 4.78 is 33.1. The van der Waals surface area contributed by atoms with Gasteiger partial charge in [0.25, 0.3) is 5.22 Å². The molecule has 1 aromatic heterocycles. The van der Waals surface area contributed by atoms with Gasteiger partial charge in [0.05, 0.1) is 10.1 Å². The molecule has 3 aromatic rings. The summed E-state index contributed by atoms with van der Waals surface area (Å²) in [5, 5.41) is 2.53. The second-order valence-corrected chi connectivity index (χ2v) is 11.2. The predicted octanol–water partition coefficient (Wildman–Crippen LogP) is 4.32. The third-order valence-corrected chi connectivity index (χ3v) is 8.31. The summed E-state index contributed by atoms with van der Waals surface area (Å²) in [5.41, 5.74) is 1.93. The van der Waals surface area contributed by atoms with E-state index in [0.717, 1.165) is 31.0 Å². The van der Waals surface area contributed by atoms with Gasteiger partial charge in [-0.15, -0.1) is 0 Å². The molecule has 10 heteroatoms. The van der Waals surface area contributed by atoms with Crippen LogP contribution in [0.1, 0.15) is 43.5 Å². The maximum absolute atomic E-state index is 12.9. The van der Waals surface area contributed by atoms with Gasteiger partial charge in [-0.3, -0.25) is 9.59 Å². The number of fused-ring (bicyclic) bond motifs is 1. The number of anilines is 1. The van der Waals surface area contributed by atoms with Gasteiger partial charge >= 0.3 is 0 Å². The van der Waals surface area contributed by atoms with Crippen molar-refractivity contribution >= 4 is 50.3 Å². The number of hydrogen-bond acceptors (Lipinski definition) is 7. The second kappa shape index (κ2) is 9.66. The molecule has 1 atom stereocenters. The van der Waals surface area contributed by atoms with Crippen LogP contribution >= 0.6 is 11.8 Å². The molecule has 1 N–H and O–H groups in total. The number of ketones is 1. The third kappa shape index (κ3) is 5.29. The highest BCUT2D eigenvalue weighted by Gasteiger charge is 2.27. The lowest BCUT2D eigenvalue weighted by atomic mass is 10.1. The zero-order chi connectivity index (χ0) is 23.6. The van der Waals surface area contributed by atoms with E-state index in [9.17, 15) is 18.0 Å². The van der Waals surface area contributed by atoms with E-state index < -0.39 is 15.3 Å². The van der Waals surface area contributed by atoms with E-state index in [0.29, 0.717) is 35.4 Å². The number of piperidine rings is 1. The molecule has 1 saturated heterocycles. The first-order valence-electron chi connectivity index (χ1n) is 10.7. The summed E-state index contributed by atoms with van der Waals surface area (Å²) in [7, 11) is -3.57. The van der Waals surface area contributed by atoms with E-state index in [-0.39, 0.29) is 21.8 Å². The number of carbonyl (C=O) groups is 2. The first-order valence-corrected chi connectivity index (χ1v) is 13.1. The Morgan fingerprint density at radius 2 is 1.88 bits per heavy atom. The molecule has 174 valence electrons. The van der Waals surface area contributed by atoms with Crippen LogP contribution in [0, 0.1) is 0 Å². The van der Waals surface area contributed by atoms with Crippen LogP contribution in [0.15, 0.2) is 57.0 Å². The Balaban J connectivity index is 1.47. The van der Waals surface area contributed by atoms with Crippen LogP contribution in [0.4, 0.5) is 5.69 Å². The van der Waals surface area contributed by atoms with Crippen molar-refractivity contribution in [2.45, 2.75) is 48.5 Å². The highest BCUT2D eigenvalue weighted by Crippen LogP contribution is 2.30. The largest absolute Gasteiger partial charge is 0.431 e. The van der Waals surface area contributed by atoms with Crippen molar-refractivity contribution in [2.24, 2.45) is 0 Å². The van der Waals surface area contributed by atoms with Gasteiger partial charge in [0.15, 0.2) is 11.4 Å². The number of aromatic nitrogens is 1. The van der Waals surface area contributed by atoms with E-state index in [1.54, 1.807) is 37.3 Å². The average molecular weight is 488 g/mol. The molecule has 0 radical (unpaired) electrons. The number of benzene rings is 2. The standard InChI is InChI=1S/C23H25N3O5S2/c1-15(27)17-7-6-8-18(13-17)24-22(28)16(2)32-23-25-20-14-19(9-10-21(20)31-23)33(29,30)26-11-4-3-5-12-26/h6-10,13-14,16H,3-5,11-12H2,1-2H3,(H,24,28)/t16-/m0/s1. The number of sulfonamides is 1. The maximum atomic E-state index is 12.9. The van der Waals surface area contributed by atoms with E-state index >= 15 is 0 Å². The molecule has 1 fully saturated rings. The molecule has 0 bridgehead atoms. The number of nitrogens with zero attached hydrogens (tertiary/aromatic N) is 2. The van der Waals surface area contributed by atoms with E-state index in [1.165, 1.54) is 23.4 Å². The molecule has 0 unspecified atom stereocenters. The number of amides is 1. The molecular weight excluding hydrogens is 462 g/mol. The molecule has 2 heterocycles. The van der Waals surface area contributed by atoms with Gasteiger partial charge in [0.2, 0.25) is 15.9 Å². The minimum Gasteiger partial charge on any atom is -0.431 e. The third-order valence-electron chi connectivity index (χ3n) is 5.48. The van der Waals surface area contributed by atoms with Gasteiger partial charge in [-0.05, 0) is 57.0 Å². The lowest BCUT2D eigenvalue weighted by molar-refractivity contribution is -0.115. The molecule has 8 nitrogen and oxygen atoms in total. The normalized spacial score (nSPS) is 15.9. The highest BCUT2D eigenvalue weighted by molar-refractivity contribution is 8.00. The number of rotatable bonds is 7. The minimum absolute atomic E-state index is 0.0818. The minimum atomic E-state index is -3.57. The van der Waals surface area contributed by atoms with Crippen LogP contribution in [0.2, 0.25) is 0 Å². The quantitative estimate of drug-likeness (QED) is 0.390. The Labute approximate surface area is 196 Å². The van der Waals surface area contributed by atoms with Gasteiger partial charge in [0, 0.05) is 24.3 Å². The fourth-order valence-corrected chi connectivity index (χ4v) is 5.91. The monoisotopic (exact) mass is 487 g/mol. The first kappa shape index (κ1) is 23.5. The second-order valence-electron chi connectivity index (χ2n) is 7.96. The number of hydrogen-bond donors (Lipinski definition) is 1. The number of oxazole rings is 1. The average Bonchev–Trinajstić information content (AvgIpc) is 3.21. The highest BCUT2D eigenvalue weighted by atomic mass is 32.2. The van der Waals surface area contributed by atoms with Gasteiger partial charge in [-0.1, -0.05) is 30.3 Å². The molecule has 0 aliphatic carbocycles. The topological polar surface area (TPSA) is 110 Å². The van der Waals surface area contributed by atoms with Crippen LogP contribution in [0.5, 0.6) is 0 Å². The molecule has 0 saturated carbocycles. The number of Topliss-reactive ketones (excluding diaryl/α,β-unsaturated/α-hetero) is 1. The van der Waals surface area contributed by atoms with Gasteiger partial charge in [-0.25, -0.2) is 13.4 Å². The van der Waals surface area contributed by atoms with Crippen LogP contribution in [0.3, 0.4) is 0 Å². The van der Waals surface area contributed by atoms with Crippen LogP contribution < -0.4 is 5.32 Å². The summed E-state index contributed by atoms with van der Waals surface area (Å²) in [5.74, 6) is -0.349. The first-order chi connectivity index (χ1) is 15.7. The Hall–Kier alpha value is -2.69. The zero-order valence-electron chi connectivity index (χ0n) is 18.4. The Morgan fingerprint density at radius 3 is 2.61 bits per heavy atom. The van der Waals surface area contributed by atoms with Crippen molar-refractivity contribution in [2.75, 3.05) is 18.4 Å². The van der Waals surface area contributed by atoms with Crippen LogP contribution in [-0.4, -0.2) is 47.7 Å². The summed E-state index contributed by atoms with van der Waals surface area (Å²) in [4.78, 5) is 28.7. The van der Waals surface area contributed by atoms with Gasteiger partial charge in [-0.2, -0.15) is 4.31 Å². The number of carbonyl (C=O) groups excluding carboxylic acids is 2. The van der Waals surface area contributed by atoms with Crippen LogP contribution in [-0.2, 0) is 14.8 Å². The number of thioether (sulfide) groups is 1. The zero-order valence-corrected chi connectivity index (χ0v) is 20.0. The molecule has 1 aliphatic rings. The summed E-state index contributed by atoms with van der Waals surface area (Å²) >= 11 is 1.13. The molecule has 4 rings (SSSR count). The van der Waals surface area contributed by atoms with Crippen molar-refractivity contribution in [3.8, 4) is 0 Å². The molecule has 2 aromatic carbocycles. The van der Waals surface area contributed by atoms with Crippen molar-refractivity contribution in [1.82, 2.24) is 9.29 Å². The smallest absolute Gasteiger partial charge is 0.257 e. The molecule has 0 spiro atoms. The van der Waals surface area contributed by atoms with Crippen molar-refractivity contribution < 1.29 is 22.4 Å². The SMILES string of the molecule is CC(=O)c1cccc(NC(=O)[C@H](C)Sc2nc3cc(S(=O)(=O)N4CCCCC4)ccc3o2)c1. The number of nitrogens with one attached hydrogen (secondary N) is 1. The van der Waals surface area contributed by atoms with Crippen LogP contribution in [0.25, 0.3) is 11.1 Å². The van der Waals surface area contributed by atoms with E-state index in [1.807, 2.05) is 0 Å². The maximum Gasteiger partial charge on any atom is 0.257 e. The fraction of sp³-hybridized carbons (Fsp3) is 0.348. The lowest BCUT2D eigenvalue weighted by Gasteiger charge is -2.25. The Kier molecular flexibility index (Phi) is 6.87. The van der Waals surface area contributed by atoms with E-state index in [2.05, 4.69) is 10.3 Å². The molecule has 1 aliphatic heterocycles.